The van der Waals surface area contributed by atoms with Crippen molar-refractivity contribution in [2.75, 3.05) is 47.8 Å². The van der Waals surface area contributed by atoms with Gasteiger partial charge in [-0.05, 0) is 215 Å². The smallest absolute Gasteiger partial charge is 0.123 e. The number of aryl methyl sites for hydroxylation is 4. The van der Waals surface area contributed by atoms with Crippen molar-refractivity contribution in [2.45, 2.75) is 131 Å². The van der Waals surface area contributed by atoms with E-state index in [0.29, 0.717) is 11.3 Å². The first-order chi connectivity index (χ1) is 37.4. The summed E-state index contributed by atoms with van der Waals surface area (Å²) in [6.07, 6.45) is 12.3. The maximum atomic E-state index is 12.9. The molecular weight excluding hydrogens is 952 g/mol. The number of hydrogen-bond donors (Lipinski definition) is 0. The molecule has 8 aromatic carbocycles. The molecule has 78 heavy (non-hydrogen) atoms. The van der Waals surface area contributed by atoms with Crippen molar-refractivity contribution in [2.24, 2.45) is 5.41 Å². The molecule has 0 N–H and O–H groups in total. The van der Waals surface area contributed by atoms with Crippen molar-refractivity contribution in [1.29, 1.82) is 0 Å². The Kier molecular flexibility index (Phi) is 21.0. The number of rotatable bonds is 11. The van der Waals surface area contributed by atoms with Crippen molar-refractivity contribution in [3.05, 3.63) is 239 Å². The van der Waals surface area contributed by atoms with Gasteiger partial charge in [-0.15, -0.1) is 0 Å². The molecule has 0 unspecified atom stereocenters. The molecular formula is C73H89FN4. The van der Waals surface area contributed by atoms with E-state index >= 15 is 0 Å². The van der Waals surface area contributed by atoms with Crippen LogP contribution >= 0.6 is 0 Å². The van der Waals surface area contributed by atoms with Gasteiger partial charge < -0.3 is 19.6 Å². The predicted molar refractivity (Wildman–Crippen MR) is 338 cm³/mol. The van der Waals surface area contributed by atoms with Crippen LogP contribution in [0.15, 0.2) is 194 Å². The normalized spacial score (nSPS) is 14.1. The molecule has 2 aliphatic rings. The molecule has 4 nitrogen and oxygen atoms in total. The fraction of sp³-hybridized carbons (Fsp3) is 0.342. The molecule has 8 aromatic rings. The highest BCUT2D eigenvalue weighted by molar-refractivity contribution is 5.66. The van der Waals surface area contributed by atoms with Gasteiger partial charge in [0, 0.05) is 73.7 Å². The molecule has 5 heteroatoms. The summed E-state index contributed by atoms with van der Waals surface area (Å²) in [6.45, 7) is 17.6. The summed E-state index contributed by atoms with van der Waals surface area (Å²) in [7, 11) is 8.36. The molecule has 0 saturated heterocycles. The average molecular weight is 1040 g/mol. The summed E-state index contributed by atoms with van der Waals surface area (Å²) < 4.78 is 12.9. The van der Waals surface area contributed by atoms with Crippen molar-refractivity contribution < 1.29 is 4.39 Å². The Bertz CT molecular complexity index is 2940. The molecule has 2 aliphatic carbocycles. The fourth-order valence-electron chi connectivity index (χ4n) is 10.5. The van der Waals surface area contributed by atoms with E-state index in [9.17, 15) is 4.39 Å². The molecule has 0 heterocycles. The lowest BCUT2D eigenvalue weighted by Crippen LogP contribution is -2.20. The number of benzene rings is 8. The van der Waals surface area contributed by atoms with Crippen LogP contribution in [0.5, 0.6) is 0 Å². The highest BCUT2D eigenvalue weighted by Crippen LogP contribution is 2.43. The standard InChI is InChI=1S/C22H29N.C20H25N.C16H18FN.C15H17N/c1-17-5-9-20(10-6-17)23(4)21-11-7-18(8-12-21)19-13-15-22(2,3)16-14-19;1-16-8-12-19(13-9-16)21(2)20-14-10-18(11-15-20)17-6-4-3-5-7-17;1-12(2)13-4-8-15(9-5-13)18(3)16-10-6-14(17)7-11-16;1-12-4-8-14(9-5-12)16(3)15-10-6-13(2)7-11-15/h5-12,19H,13-16H2,1-4H3;8-15,17H,3-7H2,1-2H3;4-12H,1-3H3;4-11H,1-3H3. The summed E-state index contributed by atoms with van der Waals surface area (Å²) >= 11 is 0. The summed E-state index contributed by atoms with van der Waals surface area (Å²) in [4.78, 5) is 8.75. The molecule has 0 aromatic heterocycles. The van der Waals surface area contributed by atoms with Crippen LogP contribution in [0, 0.1) is 38.9 Å². The minimum absolute atomic E-state index is 0.206. The van der Waals surface area contributed by atoms with E-state index in [4.69, 9.17) is 0 Å². The molecule has 0 spiro atoms. The second-order valence-electron chi connectivity index (χ2n) is 23.3. The topological polar surface area (TPSA) is 13.0 Å². The summed E-state index contributed by atoms with van der Waals surface area (Å²) in [6, 6.07) is 68.0. The third kappa shape index (κ3) is 16.9. The number of nitrogens with zero attached hydrogens (tertiary/aromatic N) is 4. The minimum Gasteiger partial charge on any atom is -0.345 e. The number of anilines is 8. The number of hydrogen-bond acceptors (Lipinski definition) is 4. The quantitative estimate of drug-likeness (QED) is 0.128. The lowest BCUT2D eigenvalue weighted by atomic mass is 9.71. The Morgan fingerprint density at radius 1 is 0.346 bits per heavy atom. The fourth-order valence-corrected chi connectivity index (χ4v) is 10.5. The molecule has 0 atom stereocenters. The van der Waals surface area contributed by atoms with E-state index < -0.39 is 0 Å². The zero-order chi connectivity index (χ0) is 55.8. The number of halogens is 1. The minimum atomic E-state index is -0.206. The van der Waals surface area contributed by atoms with Gasteiger partial charge >= 0.3 is 0 Å². The van der Waals surface area contributed by atoms with E-state index in [1.807, 2.05) is 11.9 Å². The average Bonchev–Trinajstić information content (AvgIpc) is 3.47. The summed E-state index contributed by atoms with van der Waals surface area (Å²) in [5.41, 5.74) is 19.6. The Labute approximate surface area is 470 Å². The summed E-state index contributed by atoms with van der Waals surface area (Å²) in [5.74, 6) is 1.87. The monoisotopic (exact) mass is 1040 g/mol. The van der Waals surface area contributed by atoms with Crippen LogP contribution in [-0.4, -0.2) is 28.2 Å². The van der Waals surface area contributed by atoms with E-state index in [-0.39, 0.29) is 5.82 Å². The molecule has 0 amide bonds. The Morgan fingerprint density at radius 2 is 0.590 bits per heavy atom. The Hall–Kier alpha value is -7.11. The first kappa shape index (κ1) is 58.6. The van der Waals surface area contributed by atoms with Crippen LogP contribution in [0.1, 0.15) is 142 Å². The first-order valence-corrected chi connectivity index (χ1v) is 28.7. The van der Waals surface area contributed by atoms with Crippen LogP contribution in [0.4, 0.5) is 49.9 Å². The van der Waals surface area contributed by atoms with Gasteiger partial charge in [-0.2, -0.15) is 0 Å². The van der Waals surface area contributed by atoms with E-state index in [1.165, 1.54) is 143 Å². The van der Waals surface area contributed by atoms with E-state index in [1.54, 1.807) is 12.1 Å². The Morgan fingerprint density at radius 3 is 0.872 bits per heavy atom. The van der Waals surface area contributed by atoms with Gasteiger partial charge in [0.05, 0.1) is 0 Å². The molecule has 408 valence electrons. The second kappa shape index (κ2) is 28.0. The van der Waals surface area contributed by atoms with Crippen LogP contribution in [0.2, 0.25) is 0 Å². The van der Waals surface area contributed by atoms with Gasteiger partial charge in [-0.1, -0.05) is 154 Å². The van der Waals surface area contributed by atoms with Crippen molar-refractivity contribution in [3.63, 3.8) is 0 Å². The second-order valence-corrected chi connectivity index (χ2v) is 23.3. The first-order valence-electron chi connectivity index (χ1n) is 28.7. The highest BCUT2D eigenvalue weighted by Gasteiger charge is 2.27. The van der Waals surface area contributed by atoms with Gasteiger partial charge in [0.15, 0.2) is 0 Å². The van der Waals surface area contributed by atoms with Crippen molar-refractivity contribution in [1.82, 2.24) is 0 Å². The SMILES string of the molecule is CC(C)c1ccc(N(C)c2ccc(F)cc2)cc1.Cc1ccc(N(C)c2ccc(C)cc2)cc1.Cc1ccc(N(C)c2ccc(C3CCC(C)(C)CC3)cc2)cc1.Cc1ccc(N(C)c2ccc(C3CCCCC3)cc2)cc1. The zero-order valence-electron chi connectivity index (χ0n) is 49.2. The van der Waals surface area contributed by atoms with E-state index in [0.717, 1.165) is 23.2 Å². The molecule has 0 bridgehead atoms. The van der Waals surface area contributed by atoms with Crippen LogP contribution in [0.25, 0.3) is 0 Å². The van der Waals surface area contributed by atoms with Crippen molar-refractivity contribution in [3.8, 4) is 0 Å². The maximum Gasteiger partial charge on any atom is 0.123 e. The molecule has 0 radical (unpaired) electrons. The highest BCUT2D eigenvalue weighted by atomic mass is 19.1. The zero-order valence-corrected chi connectivity index (χ0v) is 49.2. The third-order valence-corrected chi connectivity index (χ3v) is 16.3. The van der Waals surface area contributed by atoms with Gasteiger partial charge in [0.2, 0.25) is 0 Å². The van der Waals surface area contributed by atoms with Crippen molar-refractivity contribution >= 4 is 45.5 Å². The van der Waals surface area contributed by atoms with Gasteiger partial charge in [0.25, 0.3) is 0 Å². The van der Waals surface area contributed by atoms with Crippen LogP contribution in [0.3, 0.4) is 0 Å². The van der Waals surface area contributed by atoms with Crippen LogP contribution in [-0.2, 0) is 0 Å². The molecule has 0 aliphatic heterocycles. The predicted octanol–water partition coefficient (Wildman–Crippen LogP) is 21.0. The van der Waals surface area contributed by atoms with E-state index in [2.05, 4.69) is 261 Å². The molecule has 2 saturated carbocycles. The lowest BCUT2D eigenvalue weighted by Gasteiger charge is -2.34. The maximum absolute atomic E-state index is 12.9. The third-order valence-electron chi connectivity index (χ3n) is 16.3. The summed E-state index contributed by atoms with van der Waals surface area (Å²) in [5, 5.41) is 0. The van der Waals surface area contributed by atoms with Gasteiger partial charge in [-0.3, -0.25) is 0 Å². The largest absolute Gasteiger partial charge is 0.345 e. The molecule has 2 fully saturated rings. The lowest BCUT2D eigenvalue weighted by molar-refractivity contribution is 0.224. The van der Waals surface area contributed by atoms with Gasteiger partial charge in [-0.25, -0.2) is 4.39 Å². The van der Waals surface area contributed by atoms with Gasteiger partial charge in [0.1, 0.15) is 5.82 Å². The van der Waals surface area contributed by atoms with Crippen LogP contribution < -0.4 is 19.6 Å². The Balaban J connectivity index is 0.000000152. The molecule has 10 rings (SSSR count).